The van der Waals surface area contributed by atoms with Crippen LogP contribution in [0.4, 0.5) is 0 Å². The molecule has 0 saturated carbocycles. The summed E-state index contributed by atoms with van der Waals surface area (Å²) in [6, 6.07) is 8.74. The van der Waals surface area contributed by atoms with Gasteiger partial charge in [-0.2, -0.15) is 0 Å². The van der Waals surface area contributed by atoms with E-state index in [0.29, 0.717) is 0 Å². The molecule has 4 rings (SSSR count). The number of H-pyrrole nitrogens is 1. The Kier molecular flexibility index (Phi) is 2.71. The number of aromatic amines is 1. The summed E-state index contributed by atoms with van der Waals surface area (Å²) in [5, 5.41) is 0. The lowest BCUT2D eigenvalue weighted by atomic mass is 9.78. The van der Waals surface area contributed by atoms with Crippen molar-refractivity contribution in [3.63, 3.8) is 0 Å². The molecule has 1 atom stereocenters. The van der Waals surface area contributed by atoms with Gasteiger partial charge in [-0.05, 0) is 42.0 Å². The van der Waals surface area contributed by atoms with E-state index in [1.54, 1.807) is 0 Å². The minimum absolute atomic E-state index is 0.217. The van der Waals surface area contributed by atoms with Crippen LogP contribution < -0.4 is 0 Å². The zero-order valence-corrected chi connectivity index (χ0v) is 12.1. The maximum Gasteiger partial charge on any atom is 0.120 e. The molecular formula is C19H18N2. The number of nitrogens with one attached hydrogen (secondary N) is 1. The maximum absolute atomic E-state index is 4.53. The minimum Gasteiger partial charge on any atom is -0.348 e. The number of fused-ring (bicyclic) bond motifs is 2. The van der Waals surface area contributed by atoms with Crippen molar-refractivity contribution in [2.24, 2.45) is 0 Å². The van der Waals surface area contributed by atoms with E-state index < -0.39 is 0 Å². The molecule has 1 N–H and O–H groups in total. The average Bonchev–Trinajstić information content (AvgIpc) is 3.04. The topological polar surface area (TPSA) is 28.7 Å². The zero-order valence-electron chi connectivity index (χ0n) is 12.1. The number of aromatic nitrogens is 2. The van der Waals surface area contributed by atoms with Crippen molar-refractivity contribution in [2.45, 2.75) is 25.2 Å². The van der Waals surface area contributed by atoms with Gasteiger partial charge in [0.1, 0.15) is 5.82 Å². The molecule has 2 aliphatic carbocycles. The summed E-state index contributed by atoms with van der Waals surface area (Å²) in [7, 11) is 0. The van der Waals surface area contributed by atoms with Crippen LogP contribution in [0.3, 0.4) is 0 Å². The van der Waals surface area contributed by atoms with Crippen molar-refractivity contribution in [1.82, 2.24) is 9.97 Å². The predicted octanol–water partition coefficient (Wildman–Crippen LogP) is 4.39. The number of imidazole rings is 1. The van der Waals surface area contributed by atoms with Gasteiger partial charge in [0.15, 0.2) is 0 Å². The molecule has 0 saturated heterocycles. The molecule has 0 aliphatic heterocycles. The lowest BCUT2D eigenvalue weighted by Gasteiger charge is -2.26. The standard InChI is InChI=1S/C19H18N2/c1-19(18-20-12-13-21-18)11-10-14-6-2-3-7-15(14)16-8-4-5-9-17(16)19/h2,4-6,8-13H,3,7H2,1H3,(H,20,21). The fourth-order valence-electron chi connectivity index (χ4n) is 3.43. The summed E-state index contributed by atoms with van der Waals surface area (Å²) in [5.41, 5.74) is 5.27. The van der Waals surface area contributed by atoms with Crippen LogP contribution in [0.5, 0.6) is 0 Å². The van der Waals surface area contributed by atoms with Crippen LogP contribution in [-0.4, -0.2) is 9.97 Å². The third-order valence-electron chi connectivity index (χ3n) is 4.60. The van der Waals surface area contributed by atoms with Crippen LogP contribution in [0.15, 0.2) is 66.5 Å². The molecule has 0 spiro atoms. The maximum atomic E-state index is 4.53. The third-order valence-corrected chi connectivity index (χ3v) is 4.60. The van der Waals surface area contributed by atoms with E-state index in [1.165, 1.54) is 22.3 Å². The molecule has 0 amide bonds. The first kappa shape index (κ1) is 12.4. The molecule has 0 radical (unpaired) electrons. The molecule has 1 aromatic carbocycles. The Morgan fingerprint density at radius 3 is 2.95 bits per heavy atom. The lowest BCUT2D eigenvalue weighted by molar-refractivity contribution is 0.670. The van der Waals surface area contributed by atoms with Gasteiger partial charge in [-0.1, -0.05) is 48.6 Å². The molecule has 1 aromatic heterocycles. The van der Waals surface area contributed by atoms with E-state index >= 15 is 0 Å². The van der Waals surface area contributed by atoms with Gasteiger partial charge in [0.05, 0.1) is 5.41 Å². The second-order valence-electron chi connectivity index (χ2n) is 5.89. The molecule has 0 fully saturated rings. The van der Waals surface area contributed by atoms with Crippen LogP contribution in [0.2, 0.25) is 0 Å². The molecule has 0 bridgehead atoms. The van der Waals surface area contributed by atoms with Gasteiger partial charge in [0, 0.05) is 12.4 Å². The largest absolute Gasteiger partial charge is 0.348 e. The smallest absolute Gasteiger partial charge is 0.120 e. The summed E-state index contributed by atoms with van der Waals surface area (Å²) >= 11 is 0. The third kappa shape index (κ3) is 1.83. The molecule has 2 heteroatoms. The first-order valence-corrected chi connectivity index (χ1v) is 7.48. The average molecular weight is 274 g/mol. The molecule has 1 unspecified atom stereocenters. The number of benzene rings is 1. The molecular weight excluding hydrogens is 256 g/mol. The van der Waals surface area contributed by atoms with Crippen LogP contribution >= 0.6 is 0 Å². The zero-order chi connectivity index (χ0) is 14.3. The number of nitrogens with zero attached hydrogens (tertiary/aromatic N) is 1. The predicted molar refractivity (Wildman–Crippen MR) is 85.9 cm³/mol. The Balaban J connectivity index is 2.00. The number of rotatable bonds is 1. The van der Waals surface area contributed by atoms with Crippen molar-refractivity contribution >= 4 is 5.57 Å². The highest BCUT2D eigenvalue weighted by Gasteiger charge is 2.33. The molecule has 2 aliphatic rings. The SMILES string of the molecule is CC1(c2ncc[nH]2)C=CC2=C(CCC=C2)c2ccccc21. The monoisotopic (exact) mass is 274 g/mol. The van der Waals surface area contributed by atoms with Crippen molar-refractivity contribution in [2.75, 3.05) is 0 Å². The van der Waals surface area contributed by atoms with Gasteiger partial charge in [0.25, 0.3) is 0 Å². The minimum atomic E-state index is -0.217. The lowest BCUT2D eigenvalue weighted by Crippen LogP contribution is -2.23. The van der Waals surface area contributed by atoms with Gasteiger partial charge in [-0.25, -0.2) is 4.98 Å². The van der Waals surface area contributed by atoms with E-state index in [2.05, 4.69) is 65.5 Å². The highest BCUT2D eigenvalue weighted by Crippen LogP contribution is 2.42. The molecule has 104 valence electrons. The van der Waals surface area contributed by atoms with Crippen molar-refractivity contribution in [3.05, 3.63) is 83.5 Å². The van der Waals surface area contributed by atoms with Crippen molar-refractivity contribution in [1.29, 1.82) is 0 Å². The number of hydrogen-bond donors (Lipinski definition) is 1. The highest BCUT2D eigenvalue weighted by molar-refractivity contribution is 5.79. The van der Waals surface area contributed by atoms with Crippen LogP contribution in [-0.2, 0) is 5.41 Å². The summed E-state index contributed by atoms with van der Waals surface area (Å²) in [6.07, 6.45) is 15.0. The van der Waals surface area contributed by atoms with Gasteiger partial charge in [-0.15, -0.1) is 0 Å². The van der Waals surface area contributed by atoms with E-state index in [4.69, 9.17) is 0 Å². The Bertz CT molecular complexity index is 763. The second kappa shape index (κ2) is 4.59. The fourth-order valence-corrected chi connectivity index (χ4v) is 3.43. The second-order valence-corrected chi connectivity index (χ2v) is 5.89. The number of allylic oxidation sites excluding steroid dienone is 6. The summed E-state index contributed by atoms with van der Waals surface area (Å²) < 4.78 is 0. The fraction of sp³-hybridized carbons (Fsp3) is 0.211. The van der Waals surface area contributed by atoms with E-state index in [-0.39, 0.29) is 5.41 Å². The van der Waals surface area contributed by atoms with Gasteiger partial charge in [-0.3, -0.25) is 0 Å². The van der Waals surface area contributed by atoms with Gasteiger partial charge >= 0.3 is 0 Å². The van der Waals surface area contributed by atoms with Crippen molar-refractivity contribution < 1.29 is 0 Å². The van der Waals surface area contributed by atoms with Crippen molar-refractivity contribution in [3.8, 4) is 0 Å². The summed E-state index contributed by atoms with van der Waals surface area (Å²) in [5.74, 6) is 0.995. The van der Waals surface area contributed by atoms with E-state index in [0.717, 1.165) is 18.7 Å². The van der Waals surface area contributed by atoms with E-state index in [1.807, 2.05) is 12.4 Å². The van der Waals surface area contributed by atoms with Gasteiger partial charge in [0.2, 0.25) is 0 Å². The van der Waals surface area contributed by atoms with Crippen LogP contribution in [0.25, 0.3) is 5.57 Å². The molecule has 2 nitrogen and oxygen atoms in total. The van der Waals surface area contributed by atoms with Crippen LogP contribution in [0, 0.1) is 0 Å². The summed E-state index contributed by atoms with van der Waals surface area (Å²) in [4.78, 5) is 7.82. The Morgan fingerprint density at radius 2 is 2.10 bits per heavy atom. The number of hydrogen-bond acceptors (Lipinski definition) is 1. The van der Waals surface area contributed by atoms with E-state index in [9.17, 15) is 0 Å². The Morgan fingerprint density at radius 1 is 1.19 bits per heavy atom. The highest BCUT2D eigenvalue weighted by atomic mass is 14.9. The molecule has 1 heterocycles. The van der Waals surface area contributed by atoms with Crippen LogP contribution in [0.1, 0.15) is 36.7 Å². The molecule has 21 heavy (non-hydrogen) atoms. The first-order valence-electron chi connectivity index (χ1n) is 7.48. The normalized spacial score (nSPS) is 23.7. The Hall–Kier alpha value is -2.35. The quantitative estimate of drug-likeness (QED) is 0.821. The molecule has 2 aromatic rings. The first-order chi connectivity index (χ1) is 10.3. The Labute approximate surface area is 124 Å². The summed E-state index contributed by atoms with van der Waals surface area (Å²) in [6.45, 7) is 2.24. The van der Waals surface area contributed by atoms with Gasteiger partial charge < -0.3 is 4.98 Å².